The first-order valence-corrected chi connectivity index (χ1v) is 14.3. The summed E-state index contributed by atoms with van der Waals surface area (Å²) >= 11 is 6.02. The van der Waals surface area contributed by atoms with Gasteiger partial charge in [-0.05, 0) is 68.1 Å². The van der Waals surface area contributed by atoms with Gasteiger partial charge in [-0.25, -0.2) is 22.8 Å². The highest BCUT2D eigenvalue weighted by Crippen LogP contribution is 2.35. The molecule has 11 heteroatoms. The number of hydrogen-bond acceptors (Lipinski definition) is 7. The fraction of sp³-hybridized carbons (Fsp3) is 0.214. The van der Waals surface area contributed by atoms with Crippen LogP contribution in [-0.4, -0.2) is 30.5 Å². The minimum absolute atomic E-state index is 0.0308. The van der Waals surface area contributed by atoms with Crippen LogP contribution in [0.4, 0.5) is 16.0 Å². The quantitative estimate of drug-likeness (QED) is 0.231. The van der Waals surface area contributed by atoms with Gasteiger partial charge in [0.25, 0.3) is 10.0 Å². The van der Waals surface area contributed by atoms with Gasteiger partial charge in [0.2, 0.25) is 5.95 Å². The molecule has 1 aliphatic rings. The number of benzene rings is 3. The van der Waals surface area contributed by atoms with Crippen molar-refractivity contribution in [1.82, 2.24) is 9.97 Å². The molecule has 202 valence electrons. The molecule has 4 aromatic rings. The van der Waals surface area contributed by atoms with Crippen LogP contribution in [-0.2, 0) is 10.0 Å². The van der Waals surface area contributed by atoms with Crippen molar-refractivity contribution in [3.8, 4) is 22.8 Å². The van der Waals surface area contributed by atoms with Crippen LogP contribution in [0.25, 0.3) is 11.3 Å². The minimum atomic E-state index is -4.01. The van der Waals surface area contributed by atoms with Gasteiger partial charge in [0.15, 0.2) is 11.6 Å². The number of para-hydroxylation sites is 1. The molecule has 4 N–H and O–H groups in total. The van der Waals surface area contributed by atoms with E-state index in [4.69, 9.17) is 22.1 Å². The summed E-state index contributed by atoms with van der Waals surface area (Å²) in [6.07, 6.45) is 5.49. The molecule has 0 spiro atoms. The number of nitrogens with two attached hydrogens (primary N) is 1. The zero-order valence-corrected chi connectivity index (χ0v) is 22.4. The van der Waals surface area contributed by atoms with Gasteiger partial charge in [0.05, 0.1) is 16.4 Å². The Bertz CT molecular complexity index is 1580. The van der Waals surface area contributed by atoms with E-state index in [9.17, 15) is 8.42 Å². The third-order valence-electron chi connectivity index (χ3n) is 6.45. The Kier molecular flexibility index (Phi) is 7.97. The highest BCUT2D eigenvalue weighted by atomic mass is 35.5. The van der Waals surface area contributed by atoms with Crippen LogP contribution < -0.4 is 20.5 Å². The Morgan fingerprint density at radius 1 is 0.949 bits per heavy atom. The Morgan fingerprint density at radius 2 is 1.69 bits per heavy atom. The number of hydrogen-bond donors (Lipinski definition) is 3. The predicted molar refractivity (Wildman–Crippen MR) is 150 cm³/mol. The maximum absolute atomic E-state index is 15.0. The van der Waals surface area contributed by atoms with Crippen LogP contribution in [0.15, 0.2) is 83.9 Å². The molecule has 1 aromatic heterocycles. The standard InChI is InChI=1S/C28H27ClFN5O3S/c29-22-6-2-4-8-27(22)39(36,37)35-20-13-14-26(23(30)17-20)38-25-7-3-1-5-21(25)24-15-16-32-28(34-24)33-19-11-9-18(31)10-12-19/h1-8,13-19,35H,9-12,31H2,(H,32,33,34). The summed E-state index contributed by atoms with van der Waals surface area (Å²) in [5, 5.41) is 3.45. The molecule has 0 amide bonds. The first kappa shape index (κ1) is 26.9. The van der Waals surface area contributed by atoms with E-state index in [2.05, 4.69) is 20.0 Å². The van der Waals surface area contributed by atoms with E-state index >= 15 is 4.39 Å². The summed E-state index contributed by atoms with van der Waals surface area (Å²) < 4.78 is 48.7. The van der Waals surface area contributed by atoms with Gasteiger partial charge in [-0.15, -0.1) is 0 Å². The molecule has 8 nitrogen and oxygen atoms in total. The summed E-state index contributed by atoms with van der Waals surface area (Å²) in [5.74, 6) is 0.0667. The SMILES string of the molecule is NC1CCC(Nc2nccc(-c3ccccc3Oc3ccc(NS(=O)(=O)c4ccccc4Cl)cc3F)n2)CC1. The van der Waals surface area contributed by atoms with E-state index in [1.807, 2.05) is 12.1 Å². The molecular weight excluding hydrogens is 541 g/mol. The molecule has 0 bridgehead atoms. The number of ether oxygens (including phenoxy) is 1. The van der Waals surface area contributed by atoms with Crippen LogP contribution in [0, 0.1) is 5.82 Å². The number of nitrogens with zero attached hydrogens (tertiary/aromatic N) is 2. The largest absolute Gasteiger partial charge is 0.454 e. The molecule has 1 fully saturated rings. The normalized spacial score (nSPS) is 17.4. The monoisotopic (exact) mass is 567 g/mol. The van der Waals surface area contributed by atoms with Gasteiger partial charge in [-0.3, -0.25) is 4.72 Å². The van der Waals surface area contributed by atoms with Crippen molar-refractivity contribution >= 4 is 33.3 Å². The van der Waals surface area contributed by atoms with Crippen molar-refractivity contribution in [3.63, 3.8) is 0 Å². The van der Waals surface area contributed by atoms with Crippen molar-refractivity contribution in [2.75, 3.05) is 10.0 Å². The summed E-state index contributed by atoms with van der Waals surface area (Å²) in [6.45, 7) is 0. The van der Waals surface area contributed by atoms with E-state index in [0.717, 1.165) is 31.7 Å². The molecule has 5 rings (SSSR count). The average molecular weight is 568 g/mol. The summed E-state index contributed by atoms with van der Waals surface area (Å²) in [4.78, 5) is 8.91. The third-order valence-corrected chi connectivity index (χ3v) is 8.33. The van der Waals surface area contributed by atoms with Crippen LogP contribution in [0.5, 0.6) is 11.5 Å². The number of halogens is 2. The molecule has 0 saturated heterocycles. The van der Waals surface area contributed by atoms with E-state index in [1.54, 1.807) is 36.5 Å². The first-order valence-electron chi connectivity index (χ1n) is 12.5. The van der Waals surface area contributed by atoms with Crippen LogP contribution in [0.1, 0.15) is 25.7 Å². The molecule has 0 radical (unpaired) electrons. The lowest BCUT2D eigenvalue weighted by Gasteiger charge is -2.26. The predicted octanol–water partition coefficient (Wildman–Crippen LogP) is 6.21. The zero-order chi connectivity index (χ0) is 27.4. The van der Waals surface area contributed by atoms with Gasteiger partial charge in [-0.2, -0.15) is 0 Å². The van der Waals surface area contributed by atoms with Gasteiger partial charge in [0.1, 0.15) is 10.6 Å². The Balaban J connectivity index is 1.34. The number of rotatable bonds is 8. The van der Waals surface area contributed by atoms with Crippen molar-refractivity contribution in [2.24, 2.45) is 5.73 Å². The summed E-state index contributed by atoms with van der Waals surface area (Å²) in [5.41, 5.74) is 7.30. The fourth-order valence-corrected chi connectivity index (χ4v) is 6.00. The molecule has 0 unspecified atom stereocenters. The lowest BCUT2D eigenvalue weighted by Crippen LogP contribution is -2.33. The highest BCUT2D eigenvalue weighted by molar-refractivity contribution is 7.92. The highest BCUT2D eigenvalue weighted by Gasteiger charge is 2.21. The van der Waals surface area contributed by atoms with Gasteiger partial charge < -0.3 is 15.8 Å². The van der Waals surface area contributed by atoms with Crippen LogP contribution in [0.3, 0.4) is 0 Å². The lowest BCUT2D eigenvalue weighted by molar-refractivity contribution is 0.410. The molecular formula is C28H27ClFN5O3S. The first-order chi connectivity index (χ1) is 18.8. The van der Waals surface area contributed by atoms with E-state index in [1.165, 1.54) is 24.3 Å². The lowest BCUT2D eigenvalue weighted by atomic mass is 9.92. The van der Waals surface area contributed by atoms with E-state index in [0.29, 0.717) is 23.0 Å². The van der Waals surface area contributed by atoms with Crippen molar-refractivity contribution < 1.29 is 17.5 Å². The molecule has 3 aromatic carbocycles. The molecule has 1 heterocycles. The second kappa shape index (κ2) is 11.6. The second-order valence-electron chi connectivity index (χ2n) is 9.30. The molecule has 39 heavy (non-hydrogen) atoms. The second-order valence-corrected chi connectivity index (χ2v) is 11.4. The Morgan fingerprint density at radius 3 is 2.46 bits per heavy atom. The molecule has 0 atom stereocenters. The molecule has 0 aliphatic heterocycles. The van der Waals surface area contributed by atoms with Crippen molar-refractivity contribution in [3.05, 3.63) is 89.8 Å². The number of sulfonamides is 1. The van der Waals surface area contributed by atoms with E-state index < -0.39 is 15.8 Å². The Labute approximate surface area is 231 Å². The summed E-state index contributed by atoms with van der Waals surface area (Å²) in [6, 6.07) is 19.2. The van der Waals surface area contributed by atoms with Crippen LogP contribution >= 0.6 is 11.6 Å². The van der Waals surface area contributed by atoms with Crippen molar-refractivity contribution in [1.29, 1.82) is 0 Å². The Hall–Kier alpha value is -3.73. The third kappa shape index (κ3) is 6.47. The number of nitrogens with one attached hydrogen (secondary N) is 2. The fourth-order valence-electron chi connectivity index (χ4n) is 4.43. The van der Waals surface area contributed by atoms with Gasteiger partial charge >= 0.3 is 0 Å². The van der Waals surface area contributed by atoms with Crippen LogP contribution in [0.2, 0.25) is 5.02 Å². The topological polar surface area (TPSA) is 119 Å². The number of anilines is 2. The zero-order valence-electron chi connectivity index (χ0n) is 20.8. The van der Waals surface area contributed by atoms with Gasteiger partial charge in [-0.1, -0.05) is 35.9 Å². The van der Waals surface area contributed by atoms with Gasteiger partial charge in [0, 0.05) is 29.9 Å². The summed E-state index contributed by atoms with van der Waals surface area (Å²) in [7, 11) is -4.01. The molecule has 1 aliphatic carbocycles. The molecule has 1 saturated carbocycles. The maximum atomic E-state index is 15.0. The van der Waals surface area contributed by atoms with Crippen molar-refractivity contribution in [2.45, 2.75) is 42.7 Å². The smallest absolute Gasteiger partial charge is 0.263 e. The number of aromatic nitrogens is 2. The minimum Gasteiger partial charge on any atom is -0.454 e. The maximum Gasteiger partial charge on any atom is 0.263 e. The average Bonchev–Trinajstić information content (AvgIpc) is 2.92. The van der Waals surface area contributed by atoms with E-state index in [-0.39, 0.29) is 33.4 Å².